The standard InChI is InChI=1S/C15H21FN4O3/c16-11-8-14(23-12(11)9-21)20-7-4-13(18-15(20)22)17-10-19-5-2-1-3-6-19/h4,7,10-12,14,21H,1-3,5-6,8-9H2/t11-,12+,14+/m0/s1. The van der Waals surface area contributed by atoms with Crippen LogP contribution >= 0.6 is 0 Å². The van der Waals surface area contributed by atoms with Gasteiger partial charge in [-0.15, -0.1) is 0 Å². The molecule has 0 amide bonds. The predicted octanol–water partition coefficient (Wildman–Crippen LogP) is 1.01. The number of hydrogen-bond acceptors (Lipinski definition) is 5. The lowest BCUT2D eigenvalue weighted by Gasteiger charge is -2.23. The Bertz CT molecular complexity index is 615. The first kappa shape index (κ1) is 16.1. The molecule has 1 aromatic heterocycles. The zero-order chi connectivity index (χ0) is 16.2. The fraction of sp³-hybridized carbons (Fsp3) is 0.667. The lowest BCUT2D eigenvalue weighted by Crippen LogP contribution is -2.28. The van der Waals surface area contributed by atoms with Crippen molar-refractivity contribution in [3.8, 4) is 0 Å². The van der Waals surface area contributed by atoms with E-state index in [9.17, 15) is 9.18 Å². The van der Waals surface area contributed by atoms with Gasteiger partial charge < -0.3 is 14.7 Å². The van der Waals surface area contributed by atoms with E-state index in [-0.39, 0.29) is 6.42 Å². The quantitative estimate of drug-likeness (QED) is 0.660. The summed E-state index contributed by atoms with van der Waals surface area (Å²) in [6.07, 6.45) is 3.90. The molecule has 0 saturated carbocycles. The van der Waals surface area contributed by atoms with E-state index in [0.29, 0.717) is 5.82 Å². The summed E-state index contributed by atoms with van der Waals surface area (Å²) in [6, 6.07) is 1.60. The normalized spacial score (nSPS) is 28.6. The van der Waals surface area contributed by atoms with Crippen molar-refractivity contribution in [2.75, 3.05) is 19.7 Å². The number of rotatable bonds is 4. The summed E-state index contributed by atoms with van der Waals surface area (Å²) in [4.78, 5) is 22.3. The van der Waals surface area contributed by atoms with E-state index in [0.717, 1.165) is 25.9 Å². The number of alkyl halides is 1. The minimum absolute atomic E-state index is 0.0310. The molecule has 2 fully saturated rings. The largest absolute Gasteiger partial charge is 0.394 e. The van der Waals surface area contributed by atoms with Crippen LogP contribution in [0.5, 0.6) is 0 Å². The Balaban J connectivity index is 1.68. The third-order valence-corrected chi connectivity index (χ3v) is 4.21. The molecule has 2 aliphatic heterocycles. The Hall–Kier alpha value is -1.80. The molecule has 0 unspecified atom stereocenters. The van der Waals surface area contributed by atoms with Gasteiger partial charge in [0, 0.05) is 25.7 Å². The summed E-state index contributed by atoms with van der Waals surface area (Å²) in [5.41, 5.74) is -0.533. The number of nitrogens with zero attached hydrogens (tertiary/aromatic N) is 4. The van der Waals surface area contributed by atoms with Crippen molar-refractivity contribution in [3.63, 3.8) is 0 Å². The van der Waals surface area contributed by atoms with Gasteiger partial charge in [0.2, 0.25) is 0 Å². The summed E-state index contributed by atoms with van der Waals surface area (Å²) in [5.74, 6) is 0.324. The highest BCUT2D eigenvalue weighted by Gasteiger charge is 2.36. The maximum Gasteiger partial charge on any atom is 0.351 e. The smallest absolute Gasteiger partial charge is 0.351 e. The van der Waals surface area contributed by atoms with Gasteiger partial charge in [-0.25, -0.2) is 14.2 Å². The molecule has 2 saturated heterocycles. The van der Waals surface area contributed by atoms with Crippen LogP contribution in [-0.4, -0.2) is 57.9 Å². The van der Waals surface area contributed by atoms with Crippen molar-refractivity contribution in [2.45, 2.75) is 44.2 Å². The van der Waals surface area contributed by atoms with Crippen LogP contribution in [-0.2, 0) is 4.74 Å². The summed E-state index contributed by atoms with van der Waals surface area (Å²) < 4.78 is 20.2. The zero-order valence-electron chi connectivity index (χ0n) is 12.8. The molecule has 23 heavy (non-hydrogen) atoms. The molecule has 1 aromatic rings. The summed E-state index contributed by atoms with van der Waals surface area (Å²) in [6.45, 7) is 1.53. The van der Waals surface area contributed by atoms with Crippen molar-refractivity contribution in [3.05, 3.63) is 22.7 Å². The van der Waals surface area contributed by atoms with Crippen LogP contribution in [0.3, 0.4) is 0 Å². The van der Waals surface area contributed by atoms with Gasteiger partial charge in [-0.2, -0.15) is 4.98 Å². The van der Waals surface area contributed by atoms with Crippen LogP contribution < -0.4 is 5.69 Å². The van der Waals surface area contributed by atoms with E-state index in [4.69, 9.17) is 9.84 Å². The highest BCUT2D eigenvalue weighted by Crippen LogP contribution is 2.29. The number of likely N-dealkylation sites (tertiary alicyclic amines) is 1. The number of aliphatic imine (C=N–C) groups is 1. The van der Waals surface area contributed by atoms with E-state index in [1.807, 2.05) is 0 Å². The van der Waals surface area contributed by atoms with E-state index >= 15 is 0 Å². The molecule has 3 atom stereocenters. The Morgan fingerprint density at radius 3 is 2.87 bits per heavy atom. The molecule has 0 bridgehead atoms. The second-order valence-corrected chi connectivity index (χ2v) is 5.88. The number of ether oxygens (including phenoxy) is 1. The van der Waals surface area contributed by atoms with Crippen molar-refractivity contribution < 1.29 is 14.2 Å². The number of piperidine rings is 1. The van der Waals surface area contributed by atoms with Gasteiger partial charge in [0.05, 0.1) is 12.9 Å². The highest BCUT2D eigenvalue weighted by molar-refractivity contribution is 5.59. The van der Waals surface area contributed by atoms with Crippen molar-refractivity contribution in [1.29, 1.82) is 0 Å². The van der Waals surface area contributed by atoms with Crippen LogP contribution in [0.2, 0.25) is 0 Å². The molecule has 2 aliphatic rings. The molecule has 7 nitrogen and oxygen atoms in total. The molecule has 0 spiro atoms. The first-order valence-electron chi connectivity index (χ1n) is 7.95. The summed E-state index contributed by atoms with van der Waals surface area (Å²) >= 11 is 0. The molecule has 3 heterocycles. The lowest BCUT2D eigenvalue weighted by atomic mass is 10.1. The first-order valence-corrected chi connectivity index (χ1v) is 7.95. The zero-order valence-corrected chi connectivity index (χ0v) is 12.8. The average Bonchev–Trinajstić information content (AvgIpc) is 2.94. The Kier molecular flexibility index (Phi) is 5.02. The second-order valence-electron chi connectivity index (χ2n) is 5.88. The number of aromatic nitrogens is 2. The molecule has 8 heteroatoms. The first-order chi connectivity index (χ1) is 11.2. The topological polar surface area (TPSA) is 80.0 Å². The number of aliphatic hydroxyl groups is 1. The van der Waals surface area contributed by atoms with Crippen LogP contribution in [0.15, 0.2) is 22.1 Å². The predicted molar refractivity (Wildman–Crippen MR) is 82.6 cm³/mol. The third kappa shape index (κ3) is 3.76. The van der Waals surface area contributed by atoms with Crippen LogP contribution in [0.25, 0.3) is 0 Å². The molecular formula is C15H21FN4O3. The minimum atomic E-state index is -1.28. The van der Waals surface area contributed by atoms with Crippen LogP contribution in [0.4, 0.5) is 10.2 Å². The maximum atomic E-state index is 13.6. The Labute approximate surface area is 133 Å². The second kappa shape index (κ2) is 7.18. The SMILES string of the molecule is O=c1nc(N=CN2CCCCC2)ccn1[C@H]1C[C@H](F)[C@@H](CO)O1. The van der Waals surface area contributed by atoms with Gasteiger partial charge >= 0.3 is 5.69 Å². The van der Waals surface area contributed by atoms with Gasteiger partial charge in [-0.05, 0) is 25.3 Å². The third-order valence-electron chi connectivity index (χ3n) is 4.21. The fourth-order valence-electron chi connectivity index (χ4n) is 2.89. The average molecular weight is 324 g/mol. The molecule has 0 aliphatic carbocycles. The van der Waals surface area contributed by atoms with Crippen molar-refractivity contribution in [1.82, 2.24) is 14.5 Å². The lowest BCUT2D eigenvalue weighted by molar-refractivity contribution is -0.0355. The number of hydrogen-bond donors (Lipinski definition) is 1. The van der Waals surface area contributed by atoms with Gasteiger partial charge in [-0.3, -0.25) is 4.57 Å². The van der Waals surface area contributed by atoms with E-state index in [2.05, 4.69) is 14.9 Å². The van der Waals surface area contributed by atoms with Crippen molar-refractivity contribution in [2.24, 2.45) is 4.99 Å². The van der Waals surface area contributed by atoms with Gasteiger partial charge in [-0.1, -0.05) is 0 Å². The molecule has 126 valence electrons. The van der Waals surface area contributed by atoms with Gasteiger partial charge in [0.1, 0.15) is 18.5 Å². The van der Waals surface area contributed by atoms with Gasteiger partial charge in [0.15, 0.2) is 5.82 Å². The fourth-order valence-corrected chi connectivity index (χ4v) is 2.89. The molecule has 0 radical (unpaired) electrons. The Morgan fingerprint density at radius 2 is 2.22 bits per heavy atom. The van der Waals surface area contributed by atoms with Crippen LogP contribution in [0.1, 0.15) is 31.9 Å². The number of halogens is 1. The Morgan fingerprint density at radius 1 is 1.43 bits per heavy atom. The van der Waals surface area contributed by atoms with E-state index < -0.39 is 30.8 Å². The van der Waals surface area contributed by atoms with E-state index in [1.54, 1.807) is 12.4 Å². The minimum Gasteiger partial charge on any atom is -0.394 e. The molecule has 1 N–H and O–H groups in total. The van der Waals surface area contributed by atoms with Gasteiger partial charge in [0.25, 0.3) is 0 Å². The molecular weight excluding hydrogens is 303 g/mol. The van der Waals surface area contributed by atoms with E-state index in [1.165, 1.54) is 17.2 Å². The number of aliphatic hydroxyl groups excluding tert-OH is 1. The summed E-state index contributed by atoms with van der Waals surface area (Å²) in [7, 11) is 0. The molecule has 0 aromatic carbocycles. The monoisotopic (exact) mass is 324 g/mol. The maximum absolute atomic E-state index is 13.6. The highest BCUT2D eigenvalue weighted by atomic mass is 19.1. The van der Waals surface area contributed by atoms with Crippen molar-refractivity contribution >= 4 is 12.2 Å². The molecule has 3 rings (SSSR count). The summed E-state index contributed by atoms with van der Waals surface area (Å²) in [5, 5.41) is 9.02. The van der Waals surface area contributed by atoms with Crippen LogP contribution in [0, 0.1) is 0 Å².